The Morgan fingerprint density at radius 2 is 1.79 bits per heavy atom. The van der Waals surface area contributed by atoms with Crippen LogP contribution in [-0.4, -0.2) is 49.4 Å². The summed E-state index contributed by atoms with van der Waals surface area (Å²) < 4.78 is 47.4. The number of nitrogens with one attached hydrogen (secondary N) is 1. The van der Waals surface area contributed by atoms with E-state index in [1.54, 1.807) is 20.8 Å². The highest BCUT2D eigenvalue weighted by Crippen LogP contribution is 2.32. The van der Waals surface area contributed by atoms with Crippen molar-refractivity contribution in [3.63, 3.8) is 0 Å². The summed E-state index contributed by atoms with van der Waals surface area (Å²) in [6.45, 7) is 7.52. The van der Waals surface area contributed by atoms with E-state index in [4.69, 9.17) is 10.5 Å². The first-order valence-corrected chi connectivity index (χ1v) is 8.74. The number of carbonyl (C=O) groups is 2. The highest BCUT2D eigenvalue weighted by molar-refractivity contribution is 6.02. The number of alkyl halides is 3. The highest BCUT2D eigenvalue weighted by Gasteiger charge is 2.34. The molecule has 0 spiro atoms. The lowest BCUT2D eigenvalue weighted by atomic mass is 9.97. The number of rotatable bonds is 4. The van der Waals surface area contributed by atoms with Crippen molar-refractivity contribution in [1.82, 2.24) is 10.2 Å². The van der Waals surface area contributed by atoms with E-state index in [0.29, 0.717) is 26.2 Å². The second-order valence-corrected chi connectivity index (χ2v) is 7.55. The van der Waals surface area contributed by atoms with Crippen molar-refractivity contribution < 1.29 is 32.2 Å². The summed E-state index contributed by atoms with van der Waals surface area (Å²) in [7, 11) is 0. The predicted molar refractivity (Wildman–Crippen MR) is 95.6 cm³/mol. The molecule has 156 valence electrons. The Kier molecular flexibility index (Phi) is 6.56. The van der Waals surface area contributed by atoms with Crippen LogP contribution in [0, 0.1) is 5.41 Å². The molecule has 0 radical (unpaired) electrons. The Bertz CT molecular complexity index is 739. The molecule has 1 heterocycles. The van der Waals surface area contributed by atoms with Gasteiger partial charge in [-0.25, -0.2) is 4.79 Å². The first-order chi connectivity index (χ1) is 12.9. The van der Waals surface area contributed by atoms with Gasteiger partial charge in [-0.1, -0.05) is 0 Å². The molecule has 0 bridgehead atoms. The fraction of sp³-hybridized carbons (Fsp3) is 0.556. The van der Waals surface area contributed by atoms with Gasteiger partial charge in [-0.15, -0.1) is 13.2 Å². The average molecular weight is 403 g/mol. The molecule has 28 heavy (non-hydrogen) atoms. The normalized spacial score (nSPS) is 15.9. The number of halogens is 3. The number of benzene rings is 1. The van der Waals surface area contributed by atoms with Crippen molar-refractivity contribution in [1.29, 1.82) is 0 Å². The van der Waals surface area contributed by atoms with Gasteiger partial charge in [0.05, 0.1) is 11.0 Å². The Morgan fingerprint density at radius 1 is 1.18 bits per heavy atom. The van der Waals surface area contributed by atoms with Gasteiger partial charge in [-0.3, -0.25) is 9.69 Å². The van der Waals surface area contributed by atoms with E-state index < -0.39 is 29.5 Å². The second-order valence-electron chi connectivity index (χ2n) is 7.55. The summed E-state index contributed by atoms with van der Waals surface area (Å²) in [5.41, 5.74) is 4.64. The number of nitrogens with zero attached hydrogens (tertiary/aromatic N) is 1. The molecule has 1 aromatic rings. The molecule has 0 unspecified atom stereocenters. The molecule has 0 saturated carbocycles. The number of ether oxygens (including phenoxy) is 2. The lowest BCUT2D eigenvalue weighted by Gasteiger charge is -2.28. The van der Waals surface area contributed by atoms with E-state index >= 15 is 0 Å². The van der Waals surface area contributed by atoms with Gasteiger partial charge < -0.3 is 20.5 Å². The summed E-state index contributed by atoms with van der Waals surface area (Å²) >= 11 is 0. The SMILES string of the molecule is CC(C)(C)C(=O)OC(=O)c1cc(OC(F)(F)F)c(CN2CCNCC2)cc1N. The maximum atomic E-state index is 12.9. The third-order valence-corrected chi connectivity index (χ3v) is 4.08. The fourth-order valence-corrected chi connectivity index (χ4v) is 2.57. The maximum Gasteiger partial charge on any atom is 0.573 e. The van der Waals surface area contributed by atoms with Crippen LogP contribution in [0.1, 0.15) is 36.7 Å². The quantitative estimate of drug-likeness (QED) is 0.453. The average Bonchev–Trinajstić information content (AvgIpc) is 2.56. The van der Waals surface area contributed by atoms with Crippen LogP contribution in [0.4, 0.5) is 18.9 Å². The van der Waals surface area contributed by atoms with Crippen LogP contribution < -0.4 is 15.8 Å². The molecule has 1 aliphatic heterocycles. The van der Waals surface area contributed by atoms with Crippen molar-refractivity contribution in [3.8, 4) is 5.75 Å². The summed E-state index contributed by atoms with van der Waals surface area (Å²) in [5.74, 6) is -2.49. The number of nitrogen functional groups attached to an aromatic ring is 1. The smallest absolute Gasteiger partial charge is 0.405 e. The van der Waals surface area contributed by atoms with E-state index in [-0.39, 0.29) is 23.4 Å². The fourth-order valence-electron chi connectivity index (χ4n) is 2.57. The molecular weight excluding hydrogens is 379 g/mol. The van der Waals surface area contributed by atoms with Crippen LogP contribution in [0.2, 0.25) is 0 Å². The predicted octanol–water partition coefficient (Wildman–Crippen LogP) is 2.30. The summed E-state index contributed by atoms with van der Waals surface area (Å²) in [6, 6.07) is 2.12. The molecule has 1 aromatic carbocycles. The first kappa shape index (κ1) is 22.0. The highest BCUT2D eigenvalue weighted by atomic mass is 19.4. The number of piperazine rings is 1. The van der Waals surface area contributed by atoms with Crippen LogP contribution in [-0.2, 0) is 16.1 Å². The van der Waals surface area contributed by atoms with Gasteiger partial charge in [-0.05, 0) is 32.9 Å². The van der Waals surface area contributed by atoms with Gasteiger partial charge >= 0.3 is 18.3 Å². The third kappa shape index (κ3) is 6.10. The molecule has 0 amide bonds. The van der Waals surface area contributed by atoms with Crippen molar-refractivity contribution >= 4 is 17.6 Å². The Morgan fingerprint density at radius 3 is 2.32 bits per heavy atom. The summed E-state index contributed by atoms with van der Waals surface area (Å²) in [5, 5.41) is 3.15. The van der Waals surface area contributed by atoms with Crippen LogP contribution in [0.3, 0.4) is 0 Å². The largest absolute Gasteiger partial charge is 0.573 e. The van der Waals surface area contributed by atoms with Crippen LogP contribution in [0.25, 0.3) is 0 Å². The minimum absolute atomic E-state index is 0.0913. The van der Waals surface area contributed by atoms with Crippen LogP contribution >= 0.6 is 0 Å². The van der Waals surface area contributed by atoms with Gasteiger partial charge in [0.1, 0.15) is 5.75 Å². The van der Waals surface area contributed by atoms with Crippen LogP contribution in [0.5, 0.6) is 5.75 Å². The first-order valence-electron chi connectivity index (χ1n) is 8.74. The molecule has 3 N–H and O–H groups in total. The van der Waals surface area contributed by atoms with Gasteiger partial charge in [0, 0.05) is 44.0 Å². The number of esters is 2. The monoisotopic (exact) mass is 403 g/mol. The second kappa shape index (κ2) is 8.36. The zero-order valence-corrected chi connectivity index (χ0v) is 16.0. The summed E-state index contributed by atoms with van der Waals surface area (Å²) in [6.07, 6.45) is -4.95. The Hall–Kier alpha value is -2.33. The van der Waals surface area contributed by atoms with Gasteiger partial charge in [0.15, 0.2) is 0 Å². The van der Waals surface area contributed by atoms with Gasteiger partial charge in [-0.2, -0.15) is 0 Å². The number of hydrogen-bond donors (Lipinski definition) is 2. The molecule has 10 heteroatoms. The molecule has 2 rings (SSSR count). The number of hydrogen-bond acceptors (Lipinski definition) is 7. The van der Waals surface area contributed by atoms with Crippen molar-refractivity contribution in [2.45, 2.75) is 33.7 Å². The molecule has 7 nitrogen and oxygen atoms in total. The van der Waals surface area contributed by atoms with Gasteiger partial charge in [0.25, 0.3) is 0 Å². The van der Waals surface area contributed by atoms with E-state index in [9.17, 15) is 22.8 Å². The van der Waals surface area contributed by atoms with E-state index in [1.165, 1.54) is 6.07 Å². The maximum absolute atomic E-state index is 12.9. The zero-order chi connectivity index (χ0) is 21.1. The van der Waals surface area contributed by atoms with Crippen molar-refractivity contribution in [2.24, 2.45) is 5.41 Å². The van der Waals surface area contributed by atoms with Crippen LogP contribution in [0.15, 0.2) is 12.1 Å². The third-order valence-electron chi connectivity index (χ3n) is 4.08. The Balaban J connectivity index is 2.33. The minimum atomic E-state index is -4.95. The lowest BCUT2D eigenvalue weighted by Crippen LogP contribution is -2.43. The topological polar surface area (TPSA) is 93.9 Å². The van der Waals surface area contributed by atoms with E-state index in [2.05, 4.69) is 10.1 Å². The van der Waals surface area contributed by atoms with E-state index in [1.807, 2.05) is 4.90 Å². The summed E-state index contributed by atoms with van der Waals surface area (Å²) in [4.78, 5) is 26.1. The molecule has 1 fully saturated rings. The molecule has 0 aliphatic carbocycles. The van der Waals surface area contributed by atoms with E-state index in [0.717, 1.165) is 6.07 Å². The molecule has 0 atom stereocenters. The number of anilines is 1. The van der Waals surface area contributed by atoms with Crippen molar-refractivity contribution in [3.05, 3.63) is 23.3 Å². The minimum Gasteiger partial charge on any atom is -0.405 e. The van der Waals surface area contributed by atoms with Crippen molar-refractivity contribution in [2.75, 3.05) is 31.9 Å². The number of carbonyl (C=O) groups excluding carboxylic acids is 2. The molecular formula is C18H24F3N3O4. The lowest BCUT2D eigenvalue weighted by molar-refractivity contribution is -0.275. The number of nitrogens with two attached hydrogens (primary N) is 1. The molecule has 0 aromatic heterocycles. The Labute approximate surface area is 161 Å². The molecule has 1 saturated heterocycles. The molecule has 1 aliphatic rings. The zero-order valence-electron chi connectivity index (χ0n) is 16.0. The van der Waals surface area contributed by atoms with Gasteiger partial charge in [0.2, 0.25) is 0 Å². The standard InChI is InChI=1S/C18H24F3N3O4/c1-17(2,3)16(26)27-15(25)12-9-14(28-18(19,20)21)11(8-13(12)22)10-24-6-4-23-5-7-24/h8-9,23H,4-7,10,22H2,1-3H3.